The maximum Gasteiger partial charge on any atom is 0.188 e. The van der Waals surface area contributed by atoms with E-state index in [2.05, 4.69) is 0 Å². The second-order valence-corrected chi connectivity index (χ2v) is 3.63. The highest BCUT2D eigenvalue weighted by Gasteiger charge is 2.00. The molecule has 88 valence electrons. The Kier molecular flexibility index (Phi) is 3.62. The van der Waals surface area contributed by atoms with Crippen LogP contribution in [0.25, 0.3) is 11.1 Å². The Morgan fingerprint density at radius 2 is 1.76 bits per heavy atom. The van der Waals surface area contributed by atoms with E-state index >= 15 is 0 Å². The van der Waals surface area contributed by atoms with Crippen molar-refractivity contribution >= 4 is 0 Å². The monoisotopic (exact) mass is 230 g/mol. The summed E-state index contributed by atoms with van der Waals surface area (Å²) in [7, 11) is 1.59. The highest BCUT2D eigenvalue weighted by molar-refractivity contribution is 5.65. The van der Waals surface area contributed by atoms with Gasteiger partial charge in [0.2, 0.25) is 0 Å². The van der Waals surface area contributed by atoms with Crippen molar-refractivity contribution in [2.75, 3.05) is 13.9 Å². The Bertz CT molecular complexity index is 477. The van der Waals surface area contributed by atoms with Gasteiger partial charge in [-0.1, -0.05) is 24.3 Å². The largest absolute Gasteiger partial charge is 0.508 e. The van der Waals surface area contributed by atoms with Crippen LogP contribution in [0.2, 0.25) is 0 Å². The number of hydrogen-bond acceptors (Lipinski definition) is 3. The van der Waals surface area contributed by atoms with Crippen LogP contribution in [-0.2, 0) is 4.74 Å². The molecule has 0 atom stereocenters. The molecule has 2 aromatic rings. The topological polar surface area (TPSA) is 38.7 Å². The Balaban J connectivity index is 2.23. The highest BCUT2D eigenvalue weighted by Crippen LogP contribution is 2.25. The SMILES string of the molecule is COCOc1cccc(-c2ccc(O)cc2)c1. The van der Waals surface area contributed by atoms with E-state index in [0.717, 1.165) is 16.9 Å². The Labute approximate surface area is 100 Å². The van der Waals surface area contributed by atoms with Gasteiger partial charge in [-0.3, -0.25) is 0 Å². The quantitative estimate of drug-likeness (QED) is 0.820. The van der Waals surface area contributed by atoms with Crippen LogP contribution in [0.5, 0.6) is 11.5 Å². The second kappa shape index (κ2) is 5.37. The van der Waals surface area contributed by atoms with Crippen LogP contribution >= 0.6 is 0 Å². The van der Waals surface area contributed by atoms with Crippen molar-refractivity contribution in [3.63, 3.8) is 0 Å². The third-order valence-electron chi connectivity index (χ3n) is 2.38. The van der Waals surface area contributed by atoms with E-state index in [9.17, 15) is 5.11 Å². The number of aromatic hydroxyl groups is 1. The molecular formula is C14H14O3. The average Bonchev–Trinajstić information content (AvgIpc) is 2.37. The summed E-state index contributed by atoms with van der Waals surface area (Å²) >= 11 is 0. The van der Waals surface area contributed by atoms with Crippen molar-refractivity contribution < 1.29 is 14.6 Å². The molecule has 0 aliphatic heterocycles. The predicted molar refractivity (Wildman–Crippen MR) is 66.0 cm³/mol. The molecule has 3 nitrogen and oxygen atoms in total. The highest BCUT2D eigenvalue weighted by atomic mass is 16.7. The van der Waals surface area contributed by atoms with Crippen molar-refractivity contribution in [1.29, 1.82) is 0 Å². The summed E-state index contributed by atoms with van der Waals surface area (Å²) in [5, 5.41) is 9.23. The van der Waals surface area contributed by atoms with Crippen molar-refractivity contribution in [2.24, 2.45) is 0 Å². The lowest BCUT2D eigenvalue weighted by molar-refractivity contribution is 0.0511. The van der Waals surface area contributed by atoms with Crippen molar-refractivity contribution in [2.45, 2.75) is 0 Å². The zero-order valence-electron chi connectivity index (χ0n) is 9.59. The Morgan fingerprint density at radius 3 is 2.47 bits per heavy atom. The summed E-state index contributed by atoms with van der Waals surface area (Å²) in [5.41, 5.74) is 2.07. The third kappa shape index (κ3) is 2.98. The molecule has 2 rings (SSSR count). The maximum atomic E-state index is 9.23. The lowest BCUT2D eigenvalue weighted by Gasteiger charge is -2.07. The Hall–Kier alpha value is -2.00. The lowest BCUT2D eigenvalue weighted by atomic mass is 10.1. The molecule has 0 heterocycles. The molecule has 3 heteroatoms. The van der Waals surface area contributed by atoms with E-state index in [1.54, 1.807) is 19.2 Å². The average molecular weight is 230 g/mol. The van der Waals surface area contributed by atoms with Gasteiger partial charge in [0.05, 0.1) is 0 Å². The van der Waals surface area contributed by atoms with Gasteiger partial charge in [0.25, 0.3) is 0 Å². The molecule has 0 amide bonds. The standard InChI is InChI=1S/C14H14O3/c1-16-10-17-14-4-2-3-12(9-14)11-5-7-13(15)8-6-11/h2-9,15H,10H2,1H3. The van der Waals surface area contributed by atoms with Crippen LogP contribution in [0.1, 0.15) is 0 Å². The first-order chi connectivity index (χ1) is 8.29. The molecule has 0 aliphatic rings. The number of benzene rings is 2. The molecule has 0 aromatic heterocycles. The van der Waals surface area contributed by atoms with Gasteiger partial charge in [0, 0.05) is 7.11 Å². The molecule has 0 spiro atoms. The zero-order valence-corrected chi connectivity index (χ0v) is 9.59. The van der Waals surface area contributed by atoms with Crippen LogP contribution in [0.15, 0.2) is 48.5 Å². The van der Waals surface area contributed by atoms with Gasteiger partial charge in [-0.15, -0.1) is 0 Å². The molecule has 0 aliphatic carbocycles. The fraction of sp³-hybridized carbons (Fsp3) is 0.143. The predicted octanol–water partition coefficient (Wildman–Crippen LogP) is 3.04. The molecule has 2 aromatic carbocycles. The number of ether oxygens (including phenoxy) is 2. The smallest absolute Gasteiger partial charge is 0.188 e. The van der Waals surface area contributed by atoms with Gasteiger partial charge < -0.3 is 14.6 Å². The maximum absolute atomic E-state index is 9.23. The van der Waals surface area contributed by atoms with Crippen LogP contribution in [0.4, 0.5) is 0 Å². The van der Waals surface area contributed by atoms with E-state index in [0.29, 0.717) is 0 Å². The van der Waals surface area contributed by atoms with E-state index < -0.39 is 0 Å². The summed E-state index contributed by atoms with van der Waals surface area (Å²) < 4.78 is 10.2. The summed E-state index contributed by atoms with van der Waals surface area (Å²) in [4.78, 5) is 0. The van der Waals surface area contributed by atoms with E-state index in [1.807, 2.05) is 36.4 Å². The van der Waals surface area contributed by atoms with Crippen LogP contribution in [0, 0.1) is 0 Å². The van der Waals surface area contributed by atoms with Gasteiger partial charge in [-0.05, 0) is 35.4 Å². The Morgan fingerprint density at radius 1 is 1.00 bits per heavy atom. The van der Waals surface area contributed by atoms with Crippen molar-refractivity contribution in [3.05, 3.63) is 48.5 Å². The van der Waals surface area contributed by atoms with Gasteiger partial charge >= 0.3 is 0 Å². The first-order valence-electron chi connectivity index (χ1n) is 5.31. The summed E-state index contributed by atoms with van der Waals surface area (Å²) in [5.74, 6) is 1.03. The van der Waals surface area contributed by atoms with Crippen molar-refractivity contribution in [3.8, 4) is 22.6 Å². The minimum atomic E-state index is 0.235. The van der Waals surface area contributed by atoms with E-state index in [4.69, 9.17) is 9.47 Å². The molecule has 0 saturated carbocycles. The van der Waals surface area contributed by atoms with E-state index in [1.165, 1.54) is 0 Å². The first kappa shape index (κ1) is 11.5. The molecule has 17 heavy (non-hydrogen) atoms. The summed E-state index contributed by atoms with van der Waals surface area (Å²) in [6.07, 6.45) is 0. The van der Waals surface area contributed by atoms with Gasteiger partial charge in [0.1, 0.15) is 11.5 Å². The molecular weight excluding hydrogens is 216 g/mol. The van der Waals surface area contributed by atoms with Gasteiger partial charge in [0.15, 0.2) is 6.79 Å². The number of hydrogen-bond donors (Lipinski definition) is 1. The first-order valence-corrected chi connectivity index (χ1v) is 5.31. The van der Waals surface area contributed by atoms with Crippen molar-refractivity contribution in [1.82, 2.24) is 0 Å². The molecule has 0 unspecified atom stereocenters. The number of phenols is 1. The number of methoxy groups -OCH3 is 1. The van der Waals surface area contributed by atoms with Gasteiger partial charge in [-0.2, -0.15) is 0 Å². The summed E-state index contributed by atoms with van der Waals surface area (Å²) in [6.45, 7) is 0.235. The summed E-state index contributed by atoms with van der Waals surface area (Å²) in [6, 6.07) is 14.8. The molecule has 0 radical (unpaired) electrons. The molecule has 1 N–H and O–H groups in total. The normalized spacial score (nSPS) is 10.2. The fourth-order valence-corrected chi connectivity index (χ4v) is 1.55. The lowest BCUT2D eigenvalue weighted by Crippen LogP contribution is -1.98. The molecule has 0 saturated heterocycles. The zero-order chi connectivity index (χ0) is 12.1. The number of rotatable bonds is 4. The van der Waals surface area contributed by atoms with Crippen LogP contribution in [-0.4, -0.2) is 19.0 Å². The molecule has 0 bridgehead atoms. The van der Waals surface area contributed by atoms with E-state index in [-0.39, 0.29) is 12.5 Å². The van der Waals surface area contributed by atoms with Crippen LogP contribution < -0.4 is 4.74 Å². The fourth-order valence-electron chi connectivity index (χ4n) is 1.55. The van der Waals surface area contributed by atoms with Crippen LogP contribution in [0.3, 0.4) is 0 Å². The second-order valence-electron chi connectivity index (χ2n) is 3.63. The molecule has 0 fully saturated rings. The van der Waals surface area contributed by atoms with Gasteiger partial charge in [-0.25, -0.2) is 0 Å². The number of phenolic OH excluding ortho intramolecular Hbond substituents is 1. The minimum absolute atomic E-state index is 0.235. The third-order valence-corrected chi connectivity index (χ3v) is 2.38. The minimum Gasteiger partial charge on any atom is -0.508 e.